The van der Waals surface area contributed by atoms with Gasteiger partial charge in [-0.3, -0.25) is 19.3 Å². The summed E-state index contributed by atoms with van der Waals surface area (Å²) in [5.74, 6) is -0.114. The van der Waals surface area contributed by atoms with Gasteiger partial charge in [0.05, 0.1) is 29.7 Å². The fraction of sp³-hybridized carbons (Fsp3) is 0.414. The number of nitrogens with one attached hydrogen (secondary N) is 1. The molecule has 1 aromatic carbocycles. The first-order chi connectivity index (χ1) is 18.0. The molecule has 0 unspecified atom stereocenters. The molecule has 2 amide bonds. The van der Waals surface area contributed by atoms with Gasteiger partial charge in [0, 0.05) is 42.7 Å². The molecule has 188 valence electrons. The molecular weight excluding hydrogens is 464 g/mol. The molecule has 0 radical (unpaired) electrons. The van der Waals surface area contributed by atoms with Crippen LogP contribution >= 0.6 is 0 Å². The van der Waals surface area contributed by atoms with Gasteiger partial charge in [0.25, 0.3) is 0 Å². The van der Waals surface area contributed by atoms with Gasteiger partial charge in [-0.05, 0) is 61.8 Å². The van der Waals surface area contributed by atoms with Crippen LogP contribution in [-0.2, 0) is 9.59 Å². The fourth-order valence-electron chi connectivity index (χ4n) is 6.07. The molecule has 1 N–H and O–H groups in total. The lowest BCUT2D eigenvalue weighted by molar-refractivity contribution is -0.123. The highest BCUT2D eigenvalue weighted by atomic mass is 16.2. The van der Waals surface area contributed by atoms with Gasteiger partial charge in [0.1, 0.15) is 5.41 Å². The van der Waals surface area contributed by atoms with Crippen LogP contribution in [0.15, 0.2) is 48.9 Å². The molecule has 1 saturated heterocycles. The van der Waals surface area contributed by atoms with Crippen molar-refractivity contribution in [3.63, 3.8) is 0 Å². The molecular formula is C29H30N6O2. The number of amides is 2. The van der Waals surface area contributed by atoms with Crippen LogP contribution in [-0.4, -0.2) is 33.1 Å². The van der Waals surface area contributed by atoms with Gasteiger partial charge in [-0.2, -0.15) is 10.4 Å². The van der Waals surface area contributed by atoms with E-state index in [4.69, 9.17) is 0 Å². The molecule has 8 nitrogen and oxygen atoms in total. The van der Waals surface area contributed by atoms with Gasteiger partial charge in [-0.1, -0.05) is 25.0 Å². The van der Waals surface area contributed by atoms with Crippen molar-refractivity contribution in [2.45, 2.75) is 57.9 Å². The van der Waals surface area contributed by atoms with Crippen molar-refractivity contribution < 1.29 is 9.59 Å². The Balaban J connectivity index is 1.41. The summed E-state index contributed by atoms with van der Waals surface area (Å²) in [6, 6.07) is 12.3. The average Bonchev–Trinajstić information content (AvgIpc) is 3.29. The third-order valence-electron chi connectivity index (χ3n) is 8.13. The van der Waals surface area contributed by atoms with Crippen molar-refractivity contribution in [1.82, 2.24) is 14.8 Å². The Labute approximate surface area is 216 Å². The summed E-state index contributed by atoms with van der Waals surface area (Å²) >= 11 is 0. The molecule has 1 atom stereocenters. The van der Waals surface area contributed by atoms with Crippen LogP contribution < -0.4 is 10.2 Å². The van der Waals surface area contributed by atoms with Gasteiger partial charge in [-0.15, -0.1) is 0 Å². The van der Waals surface area contributed by atoms with Crippen molar-refractivity contribution in [2.75, 3.05) is 16.8 Å². The smallest absolute Gasteiger partial charge is 0.247 e. The summed E-state index contributed by atoms with van der Waals surface area (Å²) in [6.07, 6.45) is 12.8. The van der Waals surface area contributed by atoms with Crippen LogP contribution in [0.1, 0.15) is 57.9 Å². The van der Waals surface area contributed by atoms with Gasteiger partial charge in [0.15, 0.2) is 0 Å². The minimum atomic E-state index is -0.905. The van der Waals surface area contributed by atoms with Gasteiger partial charge in [-0.25, -0.2) is 0 Å². The Morgan fingerprint density at radius 1 is 1.19 bits per heavy atom. The number of nitrogens with zero attached hydrogens (tertiary/aromatic N) is 5. The first-order valence-corrected chi connectivity index (χ1v) is 13.1. The predicted molar refractivity (Wildman–Crippen MR) is 140 cm³/mol. The molecule has 2 aromatic heterocycles. The molecule has 3 aliphatic rings. The molecule has 37 heavy (non-hydrogen) atoms. The van der Waals surface area contributed by atoms with Crippen molar-refractivity contribution in [3.8, 4) is 28.5 Å². The molecule has 0 bridgehead atoms. The van der Waals surface area contributed by atoms with Crippen molar-refractivity contribution >= 4 is 23.2 Å². The van der Waals surface area contributed by atoms with Crippen LogP contribution in [0.25, 0.3) is 22.4 Å². The van der Waals surface area contributed by atoms with E-state index in [1.165, 1.54) is 19.8 Å². The van der Waals surface area contributed by atoms with Crippen molar-refractivity contribution in [2.24, 2.45) is 11.3 Å². The SMILES string of the molecule is CC(=O)Nc1cccc(-c2cnn(C3CCCC3)c2)c1-c1cc(N2CC[C@@](C#N)(C3CC3)C2=O)ccn1. The third kappa shape index (κ3) is 4.08. The summed E-state index contributed by atoms with van der Waals surface area (Å²) < 4.78 is 2.06. The number of carbonyl (C=O) groups excluding carboxylic acids is 2. The lowest BCUT2D eigenvalue weighted by atomic mass is 9.83. The first-order valence-electron chi connectivity index (χ1n) is 13.1. The zero-order valence-electron chi connectivity index (χ0n) is 21.0. The zero-order chi connectivity index (χ0) is 25.6. The normalized spacial score (nSPS) is 21.8. The van der Waals surface area contributed by atoms with Crippen LogP contribution in [0.2, 0.25) is 0 Å². The van der Waals surface area contributed by atoms with E-state index in [1.807, 2.05) is 36.5 Å². The number of anilines is 2. The summed E-state index contributed by atoms with van der Waals surface area (Å²) in [6.45, 7) is 2.00. The Morgan fingerprint density at radius 3 is 2.73 bits per heavy atom. The zero-order valence-corrected chi connectivity index (χ0v) is 21.0. The predicted octanol–water partition coefficient (Wildman–Crippen LogP) is 5.34. The Kier molecular flexibility index (Phi) is 5.79. The number of pyridine rings is 1. The fourth-order valence-corrected chi connectivity index (χ4v) is 6.07. The molecule has 6 rings (SSSR count). The number of aromatic nitrogens is 3. The largest absolute Gasteiger partial charge is 0.326 e. The number of nitriles is 1. The number of hydrogen-bond acceptors (Lipinski definition) is 5. The standard InChI is InChI=1S/C29H30N6O2/c1-19(36)33-25-8-4-7-24(20-16-32-35(17-20)22-5-2-3-6-22)27(25)26-15-23(11-13-31-26)34-14-12-29(18-30,28(34)37)21-9-10-21/h4,7-8,11,13,15-17,21-22H,2-3,5-6,9-10,12,14H2,1H3,(H,33,36)/t29-/m1/s1. The maximum atomic E-state index is 13.4. The molecule has 0 spiro atoms. The lowest BCUT2D eigenvalue weighted by Gasteiger charge is -2.22. The van der Waals surface area contributed by atoms with E-state index < -0.39 is 5.41 Å². The monoisotopic (exact) mass is 494 g/mol. The van der Waals surface area contributed by atoms with Crippen molar-refractivity contribution in [3.05, 3.63) is 48.9 Å². The number of carbonyl (C=O) groups is 2. The van der Waals surface area contributed by atoms with E-state index in [0.29, 0.717) is 30.4 Å². The molecule has 3 fully saturated rings. The average molecular weight is 495 g/mol. The van der Waals surface area contributed by atoms with Gasteiger partial charge in [0.2, 0.25) is 11.8 Å². The van der Waals surface area contributed by atoms with E-state index in [0.717, 1.165) is 48.1 Å². The van der Waals surface area contributed by atoms with E-state index in [-0.39, 0.29) is 17.7 Å². The van der Waals surface area contributed by atoms with Crippen LogP contribution in [0.3, 0.4) is 0 Å². The van der Waals surface area contributed by atoms with Crippen LogP contribution in [0, 0.1) is 22.7 Å². The van der Waals surface area contributed by atoms with Gasteiger partial charge < -0.3 is 10.2 Å². The second-order valence-electron chi connectivity index (χ2n) is 10.5. The highest BCUT2D eigenvalue weighted by Gasteiger charge is 2.56. The quantitative estimate of drug-likeness (QED) is 0.498. The summed E-state index contributed by atoms with van der Waals surface area (Å²) in [7, 11) is 0. The topological polar surface area (TPSA) is 104 Å². The van der Waals surface area contributed by atoms with Crippen LogP contribution in [0.5, 0.6) is 0 Å². The summed E-state index contributed by atoms with van der Waals surface area (Å²) in [5, 5.41) is 17.5. The Hall–Kier alpha value is -3.99. The second kappa shape index (κ2) is 9.15. The molecule has 2 aliphatic carbocycles. The number of hydrogen-bond donors (Lipinski definition) is 1. The summed E-state index contributed by atoms with van der Waals surface area (Å²) in [5.41, 5.74) is 3.77. The Morgan fingerprint density at radius 2 is 2.00 bits per heavy atom. The second-order valence-corrected chi connectivity index (χ2v) is 10.5. The van der Waals surface area contributed by atoms with E-state index >= 15 is 0 Å². The molecule has 3 heterocycles. The van der Waals surface area contributed by atoms with E-state index in [2.05, 4.69) is 32.3 Å². The minimum absolute atomic E-state index is 0.108. The maximum Gasteiger partial charge on any atom is 0.247 e. The molecule has 2 saturated carbocycles. The highest BCUT2D eigenvalue weighted by molar-refractivity contribution is 6.03. The molecule has 3 aromatic rings. The van der Waals surface area contributed by atoms with Gasteiger partial charge >= 0.3 is 0 Å². The molecule has 1 aliphatic heterocycles. The Bertz CT molecular complexity index is 1410. The van der Waals surface area contributed by atoms with E-state index in [1.54, 1.807) is 11.1 Å². The first kappa shape index (κ1) is 23.4. The van der Waals surface area contributed by atoms with E-state index in [9.17, 15) is 14.9 Å². The third-order valence-corrected chi connectivity index (χ3v) is 8.13. The maximum absolute atomic E-state index is 13.4. The molecule has 8 heteroatoms. The summed E-state index contributed by atoms with van der Waals surface area (Å²) in [4.78, 5) is 31.9. The highest BCUT2D eigenvalue weighted by Crippen LogP contribution is 2.52. The minimum Gasteiger partial charge on any atom is -0.326 e. The number of benzene rings is 1. The van der Waals surface area contributed by atoms with Crippen LogP contribution in [0.4, 0.5) is 11.4 Å². The lowest BCUT2D eigenvalue weighted by Crippen LogP contribution is -2.35. The van der Waals surface area contributed by atoms with Crippen molar-refractivity contribution in [1.29, 1.82) is 5.26 Å². The number of rotatable bonds is 6.